The summed E-state index contributed by atoms with van der Waals surface area (Å²) in [5, 5.41) is 0. The van der Waals surface area contributed by atoms with E-state index in [0.29, 0.717) is 82.1 Å². The fourth-order valence-electron chi connectivity index (χ4n) is 5.40. The molecule has 0 amide bonds. The number of anilines is 4. The van der Waals surface area contributed by atoms with Crippen molar-refractivity contribution in [3.63, 3.8) is 0 Å². The van der Waals surface area contributed by atoms with E-state index in [1.54, 1.807) is 35.5 Å². The summed E-state index contributed by atoms with van der Waals surface area (Å²) in [6, 6.07) is 5.98. The van der Waals surface area contributed by atoms with Crippen molar-refractivity contribution in [2.45, 2.75) is 25.4 Å². The van der Waals surface area contributed by atoms with Crippen LogP contribution in [0.25, 0.3) is 11.0 Å². The Kier molecular flexibility index (Phi) is 14.4. The van der Waals surface area contributed by atoms with Gasteiger partial charge in [0.2, 0.25) is 11.9 Å². The van der Waals surface area contributed by atoms with Crippen LogP contribution >= 0.6 is 0 Å². The van der Waals surface area contributed by atoms with Gasteiger partial charge in [-0.3, -0.25) is 4.98 Å². The summed E-state index contributed by atoms with van der Waals surface area (Å²) >= 11 is 0. The van der Waals surface area contributed by atoms with Crippen LogP contribution in [0.4, 0.5) is 23.5 Å². The summed E-state index contributed by atoms with van der Waals surface area (Å²) in [4.78, 5) is 33.9. The molecule has 0 aliphatic carbocycles. The highest BCUT2D eigenvalue weighted by molar-refractivity contribution is 5.95. The largest absolute Gasteiger partial charge is 0.383 e. The van der Waals surface area contributed by atoms with Crippen molar-refractivity contribution < 1.29 is 23.7 Å². The van der Waals surface area contributed by atoms with Gasteiger partial charge in [0.05, 0.1) is 32.5 Å². The maximum Gasteiger partial charge on any atom is 0.228 e. The van der Waals surface area contributed by atoms with E-state index in [2.05, 4.69) is 24.6 Å². The summed E-state index contributed by atoms with van der Waals surface area (Å²) < 4.78 is 27.5. The molecular formula is C32H51N9O5. The van der Waals surface area contributed by atoms with Crippen molar-refractivity contribution in [2.24, 2.45) is 0 Å². The van der Waals surface area contributed by atoms with Crippen LogP contribution in [0, 0.1) is 0 Å². The minimum absolute atomic E-state index is 0.223. The van der Waals surface area contributed by atoms with Gasteiger partial charge in [-0.2, -0.15) is 9.97 Å². The molecule has 0 radical (unpaired) electrons. The Bertz CT molecular complexity index is 1300. The van der Waals surface area contributed by atoms with Gasteiger partial charge in [-0.15, -0.1) is 0 Å². The Balaban J connectivity index is 1.89. The Morgan fingerprint density at radius 1 is 0.717 bits per heavy atom. The average molecular weight is 642 g/mol. The lowest BCUT2D eigenvalue weighted by Gasteiger charge is -2.34. The molecule has 14 nitrogen and oxygen atoms in total. The number of nitrogens with zero attached hydrogens (tertiary/aromatic N) is 9. The molecule has 4 rings (SSSR count). The van der Waals surface area contributed by atoms with Crippen LogP contribution in [0.1, 0.15) is 18.5 Å². The molecule has 0 spiro atoms. The molecule has 46 heavy (non-hydrogen) atoms. The number of hydrogen-bond donors (Lipinski definition) is 0. The first-order valence-electron chi connectivity index (χ1n) is 16.0. The highest BCUT2D eigenvalue weighted by atomic mass is 16.5. The van der Waals surface area contributed by atoms with E-state index < -0.39 is 0 Å². The molecule has 1 saturated heterocycles. The molecule has 3 aromatic heterocycles. The first-order chi connectivity index (χ1) is 22.5. The molecule has 0 aromatic carbocycles. The van der Waals surface area contributed by atoms with Crippen LogP contribution in [0.5, 0.6) is 0 Å². The van der Waals surface area contributed by atoms with Gasteiger partial charge in [-0.05, 0) is 25.0 Å². The predicted octanol–water partition coefficient (Wildman–Crippen LogP) is 2.31. The van der Waals surface area contributed by atoms with Gasteiger partial charge >= 0.3 is 0 Å². The molecule has 1 fully saturated rings. The van der Waals surface area contributed by atoms with Crippen molar-refractivity contribution in [3.8, 4) is 0 Å². The second kappa shape index (κ2) is 18.6. The molecule has 0 atom stereocenters. The van der Waals surface area contributed by atoms with Crippen molar-refractivity contribution in [1.29, 1.82) is 0 Å². The van der Waals surface area contributed by atoms with Crippen molar-refractivity contribution >= 4 is 34.6 Å². The quantitative estimate of drug-likeness (QED) is 0.179. The van der Waals surface area contributed by atoms with E-state index in [1.165, 1.54) is 0 Å². The third-order valence-corrected chi connectivity index (χ3v) is 8.18. The summed E-state index contributed by atoms with van der Waals surface area (Å²) in [6.45, 7) is 6.82. The van der Waals surface area contributed by atoms with Gasteiger partial charge in [-0.25, -0.2) is 9.97 Å². The predicted molar refractivity (Wildman–Crippen MR) is 181 cm³/mol. The Morgan fingerprint density at radius 3 is 1.80 bits per heavy atom. The van der Waals surface area contributed by atoms with Gasteiger partial charge in [0.25, 0.3) is 0 Å². The number of rotatable bonds is 20. The van der Waals surface area contributed by atoms with Crippen molar-refractivity contribution in [2.75, 3.05) is 134 Å². The van der Waals surface area contributed by atoms with E-state index >= 15 is 0 Å². The SMILES string of the molecule is COCCN(CCOC)c1nc(N2CCC(OC)CC2)c2nc(N(CCOC)CCOC)nc(N(C)CCc3ccccn3)c2n1. The maximum atomic E-state index is 5.69. The summed E-state index contributed by atoms with van der Waals surface area (Å²) in [6.07, 6.45) is 4.59. The zero-order chi connectivity index (χ0) is 32.7. The molecule has 3 aromatic rings. The van der Waals surface area contributed by atoms with E-state index in [0.717, 1.165) is 49.7 Å². The molecule has 4 heterocycles. The van der Waals surface area contributed by atoms with Crippen molar-refractivity contribution in [1.82, 2.24) is 24.9 Å². The number of likely N-dealkylation sites (N-methyl/N-ethyl adjacent to an activating group) is 1. The maximum absolute atomic E-state index is 5.69. The molecule has 0 bridgehead atoms. The van der Waals surface area contributed by atoms with E-state index in [-0.39, 0.29) is 6.10 Å². The number of ether oxygens (including phenoxy) is 5. The lowest BCUT2D eigenvalue weighted by Crippen LogP contribution is -2.38. The molecule has 14 heteroatoms. The second-order valence-electron chi connectivity index (χ2n) is 11.3. The lowest BCUT2D eigenvalue weighted by molar-refractivity contribution is 0.0818. The zero-order valence-corrected chi connectivity index (χ0v) is 28.4. The van der Waals surface area contributed by atoms with E-state index in [4.69, 9.17) is 43.6 Å². The van der Waals surface area contributed by atoms with Crippen LogP contribution in [0.2, 0.25) is 0 Å². The van der Waals surface area contributed by atoms with Crippen molar-refractivity contribution in [3.05, 3.63) is 30.1 Å². The highest BCUT2D eigenvalue weighted by Crippen LogP contribution is 2.34. The smallest absolute Gasteiger partial charge is 0.228 e. The number of pyridine rings is 1. The standard InChI is InChI=1S/C32H51N9O5/c1-38(14-10-25-9-7-8-13-33-25)29-27-28(35-31(36-29)40(17-21-42-2)18-22-43-3)30(39-15-11-26(46-6)12-16-39)37-32(34-27)41(19-23-44-4)20-24-45-5/h7-9,13,26H,10-12,14-24H2,1-6H3. The molecular weight excluding hydrogens is 590 g/mol. The molecule has 0 saturated carbocycles. The Morgan fingerprint density at radius 2 is 1.28 bits per heavy atom. The molecule has 0 unspecified atom stereocenters. The van der Waals surface area contributed by atoms with Crippen LogP contribution < -0.4 is 19.6 Å². The molecule has 1 aliphatic rings. The third-order valence-electron chi connectivity index (χ3n) is 8.18. The lowest BCUT2D eigenvalue weighted by atomic mass is 10.1. The normalized spacial score (nSPS) is 13.8. The fraction of sp³-hybridized carbons (Fsp3) is 0.656. The zero-order valence-electron chi connectivity index (χ0n) is 28.4. The number of aromatic nitrogens is 5. The first kappa shape index (κ1) is 35.4. The third kappa shape index (κ3) is 9.55. The van der Waals surface area contributed by atoms with Gasteiger partial charge in [0.15, 0.2) is 11.6 Å². The Hall–Kier alpha value is -3.43. The first-order valence-corrected chi connectivity index (χ1v) is 16.0. The second-order valence-corrected chi connectivity index (χ2v) is 11.3. The van der Waals surface area contributed by atoms with Crippen LogP contribution in [-0.4, -0.2) is 146 Å². The number of methoxy groups -OCH3 is 5. The van der Waals surface area contributed by atoms with Crippen LogP contribution in [0.15, 0.2) is 24.4 Å². The summed E-state index contributed by atoms with van der Waals surface area (Å²) in [5.74, 6) is 2.69. The number of piperidine rings is 1. The monoisotopic (exact) mass is 641 g/mol. The summed E-state index contributed by atoms with van der Waals surface area (Å²) in [7, 11) is 10.6. The van der Waals surface area contributed by atoms with E-state index in [9.17, 15) is 0 Å². The molecule has 254 valence electrons. The van der Waals surface area contributed by atoms with Crippen LogP contribution in [-0.2, 0) is 30.1 Å². The number of hydrogen-bond acceptors (Lipinski definition) is 14. The fourth-order valence-corrected chi connectivity index (χ4v) is 5.40. The van der Waals surface area contributed by atoms with Gasteiger partial charge < -0.3 is 43.3 Å². The topological polar surface area (TPSA) is 124 Å². The van der Waals surface area contributed by atoms with E-state index in [1.807, 2.05) is 31.4 Å². The minimum Gasteiger partial charge on any atom is -0.383 e. The average Bonchev–Trinajstić information content (AvgIpc) is 3.10. The van der Waals surface area contributed by atoms with Crippen LogP contribution in [0.3, 0.4) is 0 Å². The summed E-state index contributed by atoms with van der Waals surface area (Å²) in [5.41, 5.74) is 2.42. The Labute approximate surface area is 273 Å². The van der Waals surface area contributed by atoms with Gasteiger partial charge in [-0.1, -0.05) is 6.07 Å². The van der Waals surface area contributed by atoms with Gasteiger partial charge in [0.1, 0.15) is 11.0 Å². The van der Waals surface area contributed by atoms with Gasteiger partial charge in [0, 0.05) is 107 Å². The highest BCUT2D eigenvalue weighted by Gasteiger charge is 2.28. The minimum atomic E-state index is 0.223. The molecule has 1 aliphatic heterocycles. The number of fused-ring (bicyclic) bond motifs is 1. The molecule has 0 N–H and O–H groups in total.